The smallest absolute Gasteiger partial charge is 0.343 e. The molecule has 382 valence electrons. The molecule has 66 heavy (non-hydrogen) atoms. The molecule has 17 nitrogen and oxygen atoms in total. The number of rotatable bonds is 44. The maximum atomic E-state index is 13.9. The summed E-state index contributed by atoms with van der Waals surface area (Å²) in [5.74, 6) is -6.33. The molecule has 0 aromatic heterocycles. The number of imide groups is 1. The Bertz CT molecular complexity index is 1350. The van der Waals surface area contributed by atoms with Crippen molar-refractivity contribution in [3.8, 4) is 0 Å². The lowest BCUT2D eigenvalue weighted by molar-refractivity contribution is -0.201. The van der Waals surface area contributed by atoms with Crippen LogP contribution >= 0.6 is 0 Å². The Hall–Kier alpha value is -3.35. The first-order valence-electron chi connectivity index (χ1n) is 24.7. The molecule has 0 spiro atoms. The van der Waals surface area contributed by atoms with Gasteiger partial charge in [-0.25, -0.2) is 4.79 Å². The Balaban J connectivity index is 2.52. The number of ether oxygens (including phenoxy) is 7. The number of carbonyl (C=O) groups excluding carboxylic acids is 7. The quantitative estimate of drug-likeness (QED) is 0.0209. The van der Waals surface area contributed by atoms with Gasteiger partial charge in [-0.15, -0.1) is 5.06 Å². The second kappa shape index (κ2) is 38.6. The van der Waals surface area contributed by atoms with E-state index in [1.165, 1.54) is 78.4 Å². The topological polar surface area (TPSA) is 209 Å². The molecule has 1 heterocycles. The number of Topliss-reactive ketones (excluding diaryl/α,β-unsaturated/α-hetero) is 2. The number of hydrogen-bond acceptors (Lipinski definition) is 15. The molecule has 17 heteroatoms. The standard InChI is InChI=1S/C49H86N2O15/c1-7-8-9-10-11-12-13-14-15-16-17-18-19-20-21-24-41(48(58)66-51-44(55)27-28-45(51)56)42(53)36-39(47(57)65-49(2,3)4)25-26-43(54)50-29-31-62-33-34-63-37-40(52)23-22-30-61-32-35-64-38-46(59-5)60-6/h39,41,46H,7-38H2,1-6H3,(H,50,54). The molecule has 0 bridgehead atoms. The third-order valence-electron chi connectivity index (χ3n) is 11.0. The first-order chi connectivity index (χ1) is 31.7. The summed E-state index contributed by atoms with van der Waals surface area (Å²) < 4.78 is 37.4. The largest absolute Gasteiger partial charge is 0.460 e. The van der Waals surface area contributed by atoms with Crippen LogP contribution in [0.1, 0.15) is 175 Å². The number of hydrogen-bond donors (Lipinski definition) is 1. The van der Waals surface area contributed by atoms with Gasteiger partial charge < -0.3 is 43.3 Å². The number of methoxy groups -OCH3 is 2. The molecule has 3 amide bonds. The molecule has 0 aliphatic carbocycles. The van der Waals surface area contributed by atoms with E-state index in [1.54, 1.807) is 20.8 Å². The number of carbonyl (C=O) groups is 7. The predicted molar refractivity (Wildman–Crippen MR) is 247 cm³/mol. The lowest BCUT2D eigenvalue weighted by Gasteiger charge is -2.25. The van der Waals surface area contributed by atoms with Crippen LogP contribution < -0.4 is 5.32 Å². The zero-order chi connectivity index (χ0) is 48.8. The molecular formula is C49H86N2O15. The van der Waals surface area contributed by atoms with Crippen LogP contribution in [0.2, 0.25) is 0 Å². The summed E-state index contributed by atoms with van der Waals surface area (Å²) >= 11 is 0. The van der Waals surface area contributed by atoms with Crippen LogP contribution in [-0.2, 0) is 71.6 Å². The van der Waals surface area contributed by atoms with Crippen molar-refractivity contribution in [3.63, 3.8) is 0 Å². The van der Waals surface area contributed by atoms with E-state index in [9.17, 15) is 33.6 Å². The summed E-state index contributed by atoms with van der Waals surface area (Å²) in [5, 5.41) is 3.17. The maximum Gasteiger partial charge on any atom is 0.343 e. The summed E-state index contributed by atoms with van der Waals surface area (Å²) in [6.07, 6.45) is 17.2. The monoisotopic (exact) mass is 943 g/mol. The van der Waals surface area contributed by atoms with Crippen molar-refractivity contribution >= 4 is 41.2 Å². The number of nitrogens with zero attached hydrogens (tertiary/aromatic N) is 1. The normalized spacial score (nSPS) is 13.9. The van der Waals surface area contributed by atoms with E-state index in [0.29, 0.717) is 50.8 Å². The molecule has 1 saturated heterocycles. The van der Waals surface area contributed by atoms with Crippen LogP contribution in [0.3, 0.4) is 0 Å². The molecule has 1 N–H and O–H groups in total. The van der Waals surface area contributed by atoms with Crippen molar-refractivity contribution in [2.75, 3.05) is 73.6 Å². The molecule has 1 aliphatic rings. The van der Waals surface area contributed by atoms with Gasteiger partial charge in [-0.05, 0) is 40.0 Å². The molecule has 0 saturated carbocycles. The van der Waals surface area contributed by atoms with Gasteiger partial charge in [0, 0.05) is 59.5 Å². The summed E-state index contributed by atoms with van der Waals surface area (Å²) in [6, 6.07) is 0. The summed E-state index contributed by atoms with van der Waals surface area (Å²) in [4.78, 5) is 95.2. The molecule has 1 rings (SSSR count). The van der Waals surface area contributed by atoms with Crippen LogP contribution in [-0.4, -0.2) is 132 Å². The number of nitrogens with one attached hydrogen (secondary N) is 1. The van der Waals surface area contributed by atoms with Gasteiger partial charge in [0.1, 0.15) is 23.9 Å². The van der Waals surface area contributed by atoms with Gasteiger partial charge >= 0.3 is 11.9 Å². The van der Waals surface area contributed by atoms with Gasteiger partial charge in [0.05, 0.1) is 45.6 Å². The van der Waals surface area contributed by atoms with E-state index >= 15 is 0 Å². The highest BCUT2D eigenvalue weighted by molar-refractivity contribution is 6.04. The number of unbranched alkanes of at least 4 members (excludes halogenated alkanes) is 14. The van der Waals surface area contributed by atoms with Crippen molar-refractivity contribution in [3.05, 3.63) is 0 Å². The zero-order valence-corrected chi connectivity index (χ0v) is 41.4. The first kappa shape index (κ1) is 60.7. The average molecular weight is 943 g/mol. The predicted octanol–water partition coefficient (Wildman–Crippen LogP) is 7.32. The molecular weight excluding hydrogens is 857 g/mol. The Morgan fingerprint density at radius 1 is 0.621 bits per heavy atom. The van der Waals surface area contributed by atoms with E-state index in [1.807, 2.05) is 0 Å². The van der Waals surface area contributed by atoms with Crippen LogP contribution in [0.15, 0.2) is 0 Å². The molecule has 0 radical (unpaired) electrons. The summed E-state index contributed by atoms with van der Waals surface area (Å²) in [6.45, 7) is 9.55. The number of esters is 1. The second-order valence-electron chi connectivity index (χ2n) is 18.0. The average Bonchev–Trinajstić information content (AvgIpc) is 3.59. The van der Waals surface area contributed by atoms with Gasteiger partial charge in [-0.3, -0.25) is 28.8 Å². The second-order valence-corrected chi connectivity index (χ2v) is 18.0. The highest BCUT2D eigenvalue weighted by Gasteiger charge is 2.38. The van der Waals surface area contributed by atoms with Gasteiger partial charge in [-0.1, -0.05) is 103 Å². The van der Waals surface area contributed by atoms with Crippen molar-refractivity contribution in [1.82, 2.24) is 10.4 Å². The third-order valence-corrected chi connectivity index (χ3v) is 11.0. The molecule has 2 atom stereocenters. The number of ketones is 2. The first-order valence-corrected chi connectivity index (χ1v) is 24.7. The minimum absolute atomic E-state index is 0.0241. The Morgan fingerprint density at radius 2 is 1.15 bits per heavy atom. The lowest BCUT2D eigenvalue weighted by atomic mass is 9.88. The van der Waals surface area contributed by atoms with Crippen LogP contribution in [0.5, 0.6) is 0 Å². The number of hydroxylamine groups is 2. The van der Waals surface area contributed by atoms with E-state index in [0.717, 1.165) is 25.7 Å². The van der Waals surface area contributed by atoms with Gasteiger partial charge in [-0.2, -0.15) is 0 Å². The number of amides is 3. The van der Waals surface area contributed by atoms with Crippen LogP contribution in [0.25, 0.3) is 0 Å². The minimum Gasteiger partial charge on any atom is -0.460 e. The van der Waals surface area contributed by atoms with Gasteiger partial charge in [0.25, 0.3) is 11.8 Å². The third kappa shape index (κ3) is 31.6. The van der Waals surface area contributed by atoms with E-state index in [-0.39, 0.29) is 83.2 Å². The van der Waals surface area contributed by atoms with E-state index in [2.05, 4.69) is 12.2 Å². The fourth-order valence-corrected chi connectivity index (χ4v) is 7.15. The molecule has 2 unspecified atom stereocenters. The zero-order valence-electron chi connectivity index (χ0n) is 41.4. The molecule has 1 fully saturated rings. The summed E-state index contributed by atoms with van der Waals surface area (Å²) in [5.41, 5.74) is -0.872. The van der Waals surface area contributed by atoms with Gasteiger partial charge in [0.2, 0.25) is 5.91 Å². The van der Waals surface area contributed by atoms with Crippen molar-refractivity contribution < 1.29 is 71.6 Å². The van der Waals surface area contributed by atoms with Crippen molar-refractivity contribution in [1.29, 1.82) is 0 Å². The van der Waals surface area contributed by atoms with Crippen molar-refractivity contribution in [2.45, 2.75) is 187 Å². The Kier molecular flexibility index (Phi) is 35.5. The molecule has 0 aromatic rings. The fourth-order valence-electron chi connectivity index (χ4n) is 7.15. The SMILES string of the molecule is CCCCCCCCCCCCCCCCCC(C(=O)CC(CCC(=O)NCCOCCOCC(=O)CCCOCCOCC(OC)OC)C(=O)OC(C)(C)C)C(=O)ON1C(=O)CCC1=O. The van der Waals surface area contributed by atoms with Gasteiger partial charge in [0.15, 0.2) is 12.1 Å². The van der Waals surface area contributed by atoms with Crippen LogP contribution in [0.4, 0.5) is 0 Å². The minimum atomic E-state index is -1.31. The highest BCUT2D eigenvalue weighted by atomic mass is 16.7. The Labute approximate surface area is 395 Å². The van der Waals surface area contributed by atoms with Crippen molar-refractivity contribution in [2.24, 2.45) is 11.8 Å². The van der Waals surface area contributed by atoms with E-state index < -0.39 is 53.3 Å². The maximum absolute atomic E-state index is 13.9. The lowest BCUT2D eigenvalue weighted by Crippen LogP contribution is -2.38. The fraction of sp³-hybridized carbons (Fsp3) is 0.857. The Morgan fingerprint density at radius 3 is 1.71 bits per heavy atom. The highest BCUT2D eigenvalue weighted by Crippen LogP contribution is 2.25. The van der Waals surface area contributed by atoms with Crippen LogP contribution in [0, 0.1) is 11.8 Å². The summed E-state index contributed by atoms with van der Waals surface area (Å²) in [7, 11) is 3.07. The van der Waals surface area contributed by atoms with E-state index in [4.69, 9.17) is 38.0 Å². The molecule has 0 aromatic carbocycles. The molecule has 1 aliphatic heterocycles.